The van der Waals surface area contributed by atoms with Gasteiger partial charge in [-0.15, -0.1) is 11.6 Å². The van der Waals surface area contributed by atoms with Gasteiger partial charge < -0.3 is 5.32 Å². The van der Waals surface area contributed by atoms with Crippen LogP contribution in [0.4, 0.5) is 5.69 Å². The predicted molar refractivity (Wildman–Crippen MR) is 57.4 cm³/mol. The first-order valence-electron chi connectivity index (χ1n) is 4.47. The average Bonchev–Trinajstić information content (AvgIpc) is 2.04. The van der Waals surface area contributed by atoms with Crippen molar-refractivity contribution in [2.45, 2.75) is 26.3 Å². The van der Waals surface area contributed by atoms with E-state index >= 15 is 0 Å². The van der Waals surface area contributed by atoms with Crippen LogP contribution in [0, 0.1) is 6.92 Å². The summed E-state index contributed by atoms with van der Waals surface area (Å²) in [6, 6.07) is 4.42. The summed E-state index contributed by atoms with van der Waals surface area (Å²) in [6.07, 6.45) is 2.79. The van der Waals surface area contributed by atoms with Crippen molar-refractivity contribution in [2.24, 2.45) is 0 Å². The molecule has 3 heteroatoms. The number of anilines is 1. The second kappa shape index (κ2) is 5.07. The van der Waals surface area contributed by atoms with Crippen molar-refractivity contribution in [3.8, 4) is 0 Å². The maximum Gasteiger partial charge on any atom is 0.0393 e. The van der Waals surface area contributed by atoms with E-state index in [2.05, 4.69) is 17.2 Å². The highest BCUT2D eigenvalue weighted by molar-refractivity contribution is 6.17. The summed E-state index contributed by atoms with van der Waals surface area (Å²) in [5, 5.41) is 3.36. The van der Waals surface area contributed by atoms with Gasteiger partial charge in [0, 0.05) is 29.5 Å². The van der Waals surface area contributed by atoms with Gasteiger partial charge in [-0.1, -0.05) is 0 Å². The van der Waals surface area contributed by atoms with E-state index in [1.165, 1.54) is 0 Å². The molecule has 1 atom stereocenters. The number of pyridine rings is 1. The molecule has 0 spiro atoms. The van der Waals surface area contributed by atoms with E-state index in [0.29, 0.717) is 11.9 Å². The minimum atomic E-state index is 0.416. The Morgan fingerprint density at radius 1 is 1.62 bits per heavy atom. The molecule has 0 radical (unpaired) electrons. The Morgan fingerprint density at radius 3 is 3.00 bits per heavy atom. The number of nitrogens with one attached hydrogen (secondary N) is 1. The van der Waals surface area contributed by atoms with Crippen LogP contribution in [0.1, 0.15) is 19.0 Å². The van der Waals surface area contributed by atoms with Gasteiger partial charge in [-0.3, -0.25) is 4.98 Å². The molecule has 1 rings (SSSR count). The fraction of sp³-hybridized carbons (Fsp3) is 0.500. The zero-order valence-corrected chi connectivity index (χ0v) is 8.80. The molecule has 1 aromatic heterocycles. The molecule has 1 heterocycles. The summed E-state index contributed by atoms with van der Waals surface area (Å²) in [7, 11) is 0. The van der Waals surface area contributed by atoms with Gasteiger partial charge in [0.05, 0.1) is 0 Å². The van der Waals surface area contributed by atoms with Crippen LogP contribution < -0.4 is 5.32 Å². The van der Waals surface area contributed by atoms with Crippen molar-refractivity contribution < 1.29 is 0 Å². The molecule has 0 saturated heterocycles. The van der Waals surface area contributed by atoms with E-state index in [-0.39, 0.29) is 0 Å². The third-order valence-electron chi connectivity index (χ3n) is 1.85. The Morgan fingerprint density at radius 2 is 2.38 bits per heavy atom. The second-order valence-electron chi connectivity index (χ2n) is 3.21. The fourth-order valence-electron chi connectivity index (χ4n) is 1.16. The van der Waals surface area contributed by atoms with Gasteiger partial charge in [0.15, 0.2) is 0 Å². The molecule has 0 saturated carbocycles. The van der Waals surface area contributed by atoms with Crippen LogP contribution in [0.2, 0.25) is 0 Å². The van der Waals surface area contributed by atoms with E-state index < -0.39 is 0 Å². The van der Waals surface area contributed by atoms with Gasteiger partial charge in [0.1, 0.15) is 0 Å². The largest absolute Gasteiger partial charge is 0.382 e. The quantitative estimate of drug-likeness (QED) is 0.753. The van der Waals surface area contributed by atoms with Crippen LogP contribution in [0.25, 0.3) is 0 Å². The molecule has 0 bridgehead atoms. The van der Waals surface area contributed by atoms with Gasteiger partial charge in [-0.25, -0.2) is 0 Å². The smallest absolute Gasteiger partial charge is 0.0393 e. The molecular formula is C10H15ClN2. The monoisotopic (exact) mass is 198 g/mol. The van der Waals surface area contributed by atoms with Gasteiger partial charge >= 0.3 is 0 Å². The highest BCUT2D eigenvalue weighted by Crippen LogP contribution is 2.10. The number of hydrogen-bond donors (Lipinski definition) is 1. The average molecular weight is 199 g/mol. The topological polar surface area (TPSA) is 24.9 Å². The van der Waals surface area contributed by atoms with Gasteiger partial charge in [-0.2, -0.15) is 0 Å². The molecule has 0 aromatic carbocycles. The Balaban J connectivity index is 2.53. The fourth-order valence-corrected chi connectivity index (χ4v) is 1.48. The van der Waals surface area contributed by atoms with Gasteiger partial charge in [0.2, 0.25) is 0 Å². The molecule has 1 unspecified atom stereocenters. The molecule has 1 N–H and O–H groups in total. The molecule has 1 aromatic rings. The molecule has 2 nitrogen and oxygen atoms in total. The highest BCUT2D eigenvalue weighted by Gasteiger charge is 2.00. The molecule has 0 aliphatic carbocycles. The molecule has 13 heavy (non-hydrogen) atoms. The number of aromatic nitrogens is 1. The lowest BCUT2D eigenvalue weighted by Gasteiger charge is -2.13. The zero-order chi connectivity index (χ0) is 9.68. The Bertz CT molecular complexity index is 263. The van der Waals surface area contributed by atoms with Crippen LogP contribution in [-0.2, 0) is 0 Å². The van der Waals surface area contributed by atoms with Crippen LogP contribution in [-0.4, -0.2) is 16.9 Å². The summed E-state index contributed by atoms with van der Waals surface area (Å²) in [5.74, 6) is 0.693. The third-order valence-corrected chi connectivity index (χ3v) is 2.07. The predicted octanol–water partition coefficient (Wildman–Crippen LogP) is 2.82. The van der Waals surface area contributed by atoms with E-state index in [0.717, 1.165) is 17.8 Å². The number of alkyl halides is 1. The second-order valence-corrected chi connectivity index (χ2v) is 3.59. The van der Waals surface area contributed by atoms with Crippen molar-refractivity contribution in [3.05, 3.63) is 24.0 Å². The lowest BCUT2D eigenvalue weighted by atomic mass is 10.2. The van der Waals surface area contributed by atoms with E-state index in [1.54, 1.807) is 0 Å². The first-order valence-corrected chi connectivity index (χ1v) is 5.01. The summed E-state index contributed by atoms with van der Waals surface area (Å²) in [5.41, 5.74) is 2.15. The molecular weight excluding hydrogens is 184 g/mol. The third kappa shape index (κ3) is 3.64. The van der Waals surface area contributed by atoms with Crippen LogP contribution >= 0.6 is 11.6 Å². The lowest BCUT2D eigenvalue weighted by Crippen LogP contribution is -2.15. The Kier molecular flexibility index (Phi) is 4.03. The van der Waals surface area contributed by atoms with Crippen molar-refractivity contribution in [1.82, 2.24) is 4.98 Å². The SMILES string of the molecule is Cc1cc(NC(C)CCCl)ccn1. The number of nitrogens with zero attached hydrogens (tertiary/aromatic N) is 1. The number of rotatable bonds is 4. The van der Waals surface area contributed by atoms with E-state index in [1.807, 2.05) is 25.3 Å². The number of aryl methyl sites for hydroxylation is 1. The van der Waals surface area contributed by atoms with Crippen molar-refractivity contribution in [2.75, 3.05) is 11.2 Å². The summed E-state index contributed by atoms with van der Waals surface area (Å²) in [4.78, 5) is 4.13. The van der Waals surface area contributed by atoms with Crippen LogP contribution in [0.15, 0.2) is 18.3 Å². The van der Waals surface area contributed by atoms with E-state index in [4.69, 9.17) is 11.6 Å². The van der Waals surface area contributed by atoms with Gasteiger partial charge in [0.25, 0.3) is 0 Å². The standard InChI is InChI=1S/C10H15ClN2/c1-8(3-5-11)13-10-4-6-12-9(2)7-10/h4,6-8H,3,5H2,1-2H3,(H,12,13). The molecule has 72 valence electrons. The molecule has 0 aliphatic heterocycles. The first-order chi connectivity index (χ1) is 6.22. The number of hydrogen-bond acceptors (Lipinski definition) is 2. The minimum Gasteiger partial charge on any atom is -0.382 e. The molecule has 0 amide bonds. The Hall–Kier alpha value is -0.760. The maximum atomic E-state index is 5.64. The first kappa shape index (κ1) is 10.3. The summed E-state index contributed by atoms with van der Waals surface area (Å²) >= 11 is 5.64. The van der Waals surface area contributed by atoms with Crippen LogP contribution in [0.5, 0.6) is 0 Å². The van der Waals surface area contributed by atoms with Gasteiger partial charge in [-0.05, 0) is 32.4 Å². The Labute approximate surface area is 84.3 Å². The normalized spacial score (nSPS) is 12.5. The highest BCUT2D eigenvalue weighted by atomic mass is 35.5. The van der Waals surface area contributed by atoms with Crippen LogP contribution in [0.3, 0.4) is 0 Å². The van der Waals surface area contributed by atoms with Crippen molar-refractivity contribution in [3.63, 3.8) is 0 Å². The lowest BCUT2D eigenvalue weighted by molar-refractivity contribution is 0.768. The minimum absolute atomic E-state index is 0.416. The van der Waals surface area contributed by atoms with Crippen molar-refractivity contribution >= 4 is 17.3 Å². The maximum absolute atomic E-state index is 5.64. The van der Waals surface area contributed by atoms with E-state index in [9.17, 15) is 0 Å². The summed E-state index contributed by atoms with van der Waals surface area (Å²) in [6.45, 7) is 4.11. The summed E-state index contributed by atoms with van der Waals surface area (Å²) < 4.78 is 0. The molecule has 0 aliphatic rings. The zero-order valence-electron chi connectivity index (χ0n) is 8.05. The number of halogens is 1. The van der Waals surface area contributed by atoms with Crippen molar-refractivity contribution in [1.29, 1.82) is 0 Å². The molecule has 0 fully saturated rings.